The number of nitrogens with zero attached hydrogens (tertiary/aromatic N) is 2. The summed E-state index contributed by atoms with van der Waals surface area (Å²) in [6.07, 6.45) is 0. The highest BCUT2D eigenvalue weighted by molar-refractivity contribution is 5.77. The van der Waals surface area contributed by atoms with Crippen LogP contribution in [0, 0.1) is 32.1 Å². The highest BCUT2D eigenvalue weighted by Crippen LogP contribution is 2.25. The standard InChI is InChI=1S/C14H17N3O/c1-9-6-11(3)12(7-10(9)2)13-8-17(5-4-15)14(18)16-13/h6-7,13H,5,8H2,1-3H3,(H,16,18). The maximum atomic E-state index is 11.7. The number of amides is 2. The second-order valence-corrected chi connectivity index (χ2v) is 4.83. The Morgan fingerprint density at radius 2 is 2.00 bits per heavy atom. The van der Waals surface area contributed by atoms with E-state index in [-0.39, 0.29) is 18.6 Å². The number of aryl methyl sites for hydroxylation is 3. The van der Waals surface area contributed by atoms with Crippen molar-refractivity contribution in [2.75, 3.05) is 13.1 Å². The Bertz CT molecular complexity index is 531. The molecule has 1 aliphatic heterocycles. The number of hydrogen-bond acceptors (Lipinski definition) is 2. The maximum Gasteiger partial charge on any atom is 0.318 e. The van der Waals surface area contributed by atoms with E-state index in [2.05, 4.69) is 38.2 Å². The summed E-state index contributed by atoms with van der Waals surface area (Å²) in [4.78, 5) is 13.2. The Morgan fingerprint density at radius 3 is 2.67 bits per heavy atom. The first-order chi connectivity index (χ1) is 8.52. The second-order valence-electron chi connectivity index (χ2n) is 4.83. The number of carbonyl (C=O) groups excluding carboxylic acids is 1. The van der Waals surface area contributed by atoms with Crippen LogP contribution in [-0.2, 0) is 0 Å². The van der Waals surface area contributed by atoms with Crippen molar-refractivity contribution in [2.24, 2.45) is 0 Å². The lowest BCUT2D eigenvalue weighted by molar-refractivity contribution is 0.222. The van der Waals surface area contributed by atoms with Crippen molar-refractivity contribution < 1.29 is 4.79 Å². The smallest absolute Gasteiger partial charge is 0.318 e. The van der Waals surface area contributed by atoms with E-state index < -0.39 is 0 Å². The van der Waals surface area contributed by atoms with Gasteiger partial charge >= 0.3 is 6.03 Å². The lowest BCUT2D eigenvalue weighted by Gasteiger charge is -2.15. The minimum Gasteiger partial charge on any atom is -0.329 e. The van der Waals surface area contributed by atoms with Crippen LogP contribution >= 0.6 is 0 Å². The van der Waals surface area contributed by atoms with Crippen LogP contribution in [0.5, 0.6) is 0 Å². The van der Waals surface area contributed by atoms with Crippen LogP contribution in [0.1, 0.15) is 28.3 Å². The van der Waals surface area contributed by atoms with Crippen molar-refractivity contribution in [3.8, 4) is 6.07 Å². The molecular formula is C14H17N3O. The molecular weight excluding hydrogens is 226 g/mol. The Balaban J connectivity index is 2.27. The van der Waals surface area contributed by atoms with E-state index in [1.807, 2.05) is 6.07 Å². The fourth-order valence-electron chi connectivity index (χ4n) is 2.35. The van der Waals surface area contributed by atoms with Gasteiger partial charge in [0, 0.05) is 6.54 Å². The average Bonchev–Trinajstić information content (AvgIpc) is 2.66. The van der Waals surface area contributed by atoms with E-state index in [4.69, 9.17) is 5.26 Å². The van der Waals surface area contributed by atoms with Crippen LogP contribution in [0.15, 0.2) is 12.1 Å². The topological polar surface area (TPSA) is 56.1 Å². The van der Waals surface area contributed by atoms with Gasteiger partial charge < -0.3 is 10.2 Å². The van der Waals surface area contributed by atoms with Gasteiger partial charge in [-0.15, -0.1) is 0 Å². The summed E-state index contributed by atoms with van der Waals surface area (Å²) in [5.74, 6) is 0. The summed E-state index contributed by atoms with van der Waals surface area (Å²) in [5.41, 5.74) is 4.81. The molecule has 1 atom stereocenters. The molecule has 4 nitrogen and oxygen atoms in total. The predicted octanol–water partition coefficient (Wildman–Crippen LogP) is 2.20. The first-order valence-corrected chi connectivity index (χ1v) is 6.03. The predicted molar refractivity (Wildman–Crippen MR) is 69.1 cm³/mol. The lowest BCUT2D eigenvalue weighted by Crippen LogP contribution is -2.28. The number of nitrogens with one attached hydrogen (secondary N) is 1. The number of rotatable bonds is 2. The molecule has 1 aliphatic rings. The zero-order valence-corrected chi connectivity index (χ0v) is 10.9. The average molecular weight is 243 g/mol. The SMILES string of the molecule is Cc1cc(C)c(C2CN(CC#N)C(=O)N2)cc1C. The van der Waals surface area contributed by atoms with Crippen LogP contribution in [-0.4, -0.2) is 24.0 Å². The van der Waals surface area contributed by atoms with E-state index in [1.54, 1.807) is 4.90 Å². The van der Waals surface area contributed by atoms with Crippen molar-refractivity contribution in [3.05, 3.63) is 34.4 Å². The maximum absolute atomic E-state index is 11.7. The molecule has 94 valence electrons. The van der Waals surface area contributed by atoms with Gasteiger partial charge in [-0.1, -0.05) is 12.1 Å². The van der Waals surface area contributed by atoms with Crippen LogP contribution < -0.4 is 5.32 Å². The minimum absolute atomic E-state index is 0.00912. The van der Waals surface area contributed by atoms with Crippen LogP contribution in [0.4, 0.5) is 4.79 Å². The molecule has 1 unspecified atom stereocenters. The van der Waals surface area contributed by atoms with E-state index in [0.717, 1.165) is 5.56 Å². The van der Waals surface area contributed by atoms with Crippen molar-refractivity contribution >= 4 is 6.03 Å². The molecule has 1 N–H and O–H groups in total. The van der Waals surface area contributed by atoms with Gasteiger partial charge in [0.1, 0.15) is 6.54 Å². The molecule has 4 heteroatoms. The van der Waals surface area contributed by atoms with Crippen molar-refractivity contribution in [1.82, 2.24) is 10.2 Å². The molecule has 1 heterocycles. The Kier molecular flexibility index (Phi) is 3.24. The van der Waals surface area contributed by atoms with Gasteiger partial charge in [-0.2, -0.15) is 5.26 Å². The minimum atomic E-state index is -0.154. The molecule has 0 radical (unpaired) electrons. The molecule has 2 amide bonds. The molecule has 1 saturated heterocycles. The van der Waals surface area contributed by atoms with Crippen molar-refractivity contribution in [3.63, 3.8) is 0 Å². The molecule has 18 heavy (non-hydrogen) atoms. The third-order valence-electron chi connectivity index (χ3n) is 3.51. The number of benzene rings is 1. The van der Waals surface area contributed by atoms with E-state index in [9.17, 15) is 4.79 Å². The first-order valence-electron chi connectivity index (χ1n) is 6.03. The molecule has 0 saturated carbocycles. The molecule has 0 aliphatic carbocycles. The van der Waals surface area contributed by atoms with Crippen molar-refractivity contribution in [2.45, 2.75) is 26.8 Å². The monoisotopic (exact) mass is 243 g/mol. The van der Waals surface area contributed by atoms with E-state index in [1.165, 1.54) is 16.7 Å². The summed E-state index contributed by atoms with van der Waals surface area (Å²) in [5, 5.41) is 11.6. The zero-order chi connectivity index (χ0) is 13.3. The van der Waals surface area contributed by atoms with E-state index >= 15 is 0 Å². The zero-order valence-electron chi connectivity index (χ0n) is 10.9. The largest absolute Gasteiger partial charge is 0.329 e. The van der Waals surface area contributed by atoms with Gasteiger partial charge in [-0.25, -0.2) is 4.79 Å². The van der Waals surface area contributed by atoms with Gasteiger partial charge in [0.15, 0.2) is 0 Å². The summed E-state index contributed by atoms with van der Waals surface area (Å²) in [6.45, 7) is 6.92. The fourth-order valence-corrected chi connectivity index (χ4v) is 2.35. The molecule has 0 spiro atoms. The summed E-state index contributed by atoms with van der Waals surface area (Å²) < 4.78 is 0. The second kappa shape index (κ2) is 4.69. The summed E-state index contributed by atoms with van der Waals surface area (Å²) in [6, 6.07) is 6.12. The molecule has 0 aromatic heterocycles. The summed E-state index contributed by atoms with van der Waals surface area (Å²) >= 11 is 0. The third kappa shape index (κ3) is 2.17. The third-order valence-corrected chi connectivity index (χ3v) is 3.51. The van der Waals surface area contributed by atoms with Gasteiger partial charge in [0.2, 0.25) is 0 Å². The number of nitriles is 1. The lowest BCUT2D eigenvalue weighted by atomic mass is 9.96. The number of urea groups is 1. The fraction of sp³-hybridized carbons (Fsp3) is 0.429. The Hall–Kier alpha value is -2.02. The quantitative estimate of drug-likeness (QED) is 0.809. The number of carbonyl (C=O) groups is 1. The Labute approximate surface area is 107 Å². The van der Waals surface area contributed by atoms with Gasteiger partial charge in [-0.05, 0) is 43.0 Å². The highest BCUT2D eigenvalue weighted by atomic mass is 16.2. The summed E-state index contributed by atoms with van der Waals surface area (Å²) in [7, 11) is 0. The number of hydrogen-bond donors (Lipinski definition) is 1. The molecule has 0 bridgehead atoms. The molecule has 1 aromatic rings. The highest BCUT2D eigenvalue weighted by Gasteiger charge is 2.30. The van der Waals surface area contributed by atoms with Gasteiger partial charge in [-0.3, -0.25) is 0 Å². The Morgan fingerprint density at radius 1 is 1.33 bits per heavy atom. The van der Waals surface area contributed by atoms with Gasteiger partial charge in [0.05, 0.1) is 12.1 Å². The van der Waals surface area contributed by atoms with Gasteiger partial charge in [0.25, 0.3) is 0 Å². The molecule has 1 fully saturated rings. The van der Waals surface area contributed by atoms with Crippen LogP contribution in [0.2, 0.25) is 0 Å². The molecule has 2 rings (SSSR count). The van der Waals surface area contributed by atoms with Crippen molar-refractivity contribution in [1.29, 1.82) is 5.26 Å². The molecule has 1 aromatic carbocycles. The van der Waals surface area contributed by atoms with Crippen LogP contribution in [0.3, 0.4) is 0 Å². The van der Waals surface area contributed by atoms with E-state index in [0.29, 0.717) is 6.54 Å². The van der Waals surface area contributed by atoms with Crippen LogP contribution in [0.25, 0.3) is 0 Å². The normalized spacial score (nSPS) is 18.7. The first kappa shape index (κ1) is 12.4.